The predicted molar refractivity (Wildman–Crippen MR) is 87.6 cm³/mol. The standard InChI is InChI=1S/C18H20N2O3/c1-12-9-15(18(22-2)19-11-12)20-17(21)10-16-14-6-4-3-5-13(14)7-8-23-16/h3-6,9,11,16H,7-8,10H2,1-2H3,(H,20,21)/t16-/m1/s1. The number of rotatable bonds is 4. The summed E-state index contributed by atoms with van der Waals surface area (Å²) in [7, 11) is 1.54. The van der Waals surface area contributed by atoms with E-state index in [0.29, 0.717) is 18.2 Å². The fourth-order valence-electron chi connectivity index (χ4n) is 2.82. The van der Waals surface area contributed by atoms with Crippen LogP contribution in [0.1, 0.15) is 29.2 Å². The zero-order valence-electron chi connectivity index (χ0n) is 13.3. The maximum absolute atomic E-state index is 12.4. The number of anilines is 1. The number of pyridine rings is 1. The van der Waals surface area contributed by atoms with E-state index < -0.39 is 0 Å². The molecule has 1 aliphatic rings. The quantitative estimate of drug-likeness (QED) is 0.942. The summed E-state index contributed by atoms with van der Waals surface area (Å²) < 4.78 is 11.0. The molecule has 0 saturated carbocycles. The third-order valence-corrected chi connectivity index (χ3v) is 3.92. The Hall–Kier alpha value is -2.40. The molecule has 0 radical (unpaired) electrons. The molecular formula is C18H20N2O3. The highest BCUT2D eigenvalue weighted by Gasteiger charge is 2.23. The molecule has 5 nitrogen and oxygen atoms in total. The van der Waals surface area contributed by atoms with Crippen LogP contribution in [0, 0.1) is 6.92 Å². The molecule has 1 N–H and O–H groups in total. The van der Waals surface area contributed by atoms with Crippen LogP contribution in [0.2, 0.25) is 0 Å². The summed E-state index contributed by atoms with van der Waals surface area (Å²) in [6.07, 6.45) is 2.66. The Kier molecular flexibility index (Phi) is 4.57. The number of nitrogens with zero attached hydrogens (tertiary/aromatic N) is 1. The second-order valence-electron chi connectivity index (χ2n) is 5.63. The summed E-state index contributed by atoms with van der Waals surface area (Å²) in [5, 5.41) is 2.87. The molecule has 0 unspecified atom stereocenters. The summed E-state index contributed by atoms with van der Waals surface area (Å²) in [6.45, 7) is 2.56. The van der Waals surface area contributed by atoms with Crippen molar-refractivity contribution in [3.8, 4) is 5.88 Å². The zero-order valence-corrected chi connectivity index (χ0v) is 13.3. The first-order valence-corrected chi connectivity index (χ1v) is 7.67. The Morgan fingerprint density at radius 3 is 3.09 bits per heavy atom. The second kappa shape index (κ2) is 6.79. The van der Waals surface area contributed by atoms with Gasteiger partial charge in [-0.1, -0.05) is 24.3 Å². The third-order valence-electron chi connectivity index (χ3n) is 3.92. The van der Waals surface area contributed by atoms with Crippen molar-refractivity contribution in [1.82, 2.24) is 4.98 Å². The van der Waals surface area contributed by atoms with Crippen molar-refractivity contribution in [1.29, 1.82) is 0 Å². The summed E-state index contributed by atoms with van der Waals surface area (Å²) in [5.74, 6) is 0.298. The first-order chi connectivity index (χ1) is 11.2. The molecule has 5 heteroatoms. The monoisotopic (exact) mass is 312 g/mol. The lowest BCUT2D eigenvalue weighted by atomic mass is 9.95. The van der Waals surface area contributed by atoms with Gasteiger partial charge in [-0.15, -0.1) is 0 Å². The van der Waals surface area contributed by atoms with Gasteiger partial charge < -0.3 is 14.8 Å². The first kappa shape index (κ1) is 15.5. The van der Waals surface area contributed by atoms with Gasteiger partial charge in [0.05, 0.1) is 26.2 Å². The third kappa shape index (κ3) is 3.51. The number of aryl methyl sites for hydroxylation is 1. The Balaban J connectivity index is 1.73. The lowest BCUT2D eigenvalue weighted by Gasteiger charge is -2.25. The number of benzene rings is 1. The number of hydrogen-bond acceptors (Lipinski definition) is 4. The van der Waals surface area contributed by atoms with E-state index >= 15 is 0 Å². The van der Waals surface area contributed by atoms with Gasteiger partial charge in [0.25, 0.3) is 0 Å². The Morgan fingerprint density at radius 1 is 1.43 bits per heavy atom. The molecule has 1 aromatic heterocycles. The van der Waals surface area contributed by atoms with Crippen LogP contribution in [-0.2, 0) is 16.0 Å². The fraction of sp³-hybridized carbons (Fsp3) is 0.333. The zero-order chi connectivity index (χ0) is 16.2. The minimum atomic E-state index is -0.205. The SMILES string of the molecule is COc1ncc(C)cc1NC(=O)C[C@H]1OCCc2ccccc21. The molecule has 2 aromatic rings. The Morgan fingerprint density at radius 2 is 2.26 bits per heavy atom. The van der Waals surface area contributed by atoms with Crippen LogP contribution in [0.3, 0.4) is 0 Å². The molecule has 0 aliphatic carbocycles. The molecule has 0 fully saturated rings. The van der Waals surface area contributed by atoms with Gasteiger partial charge in [-0.2, -0.15) is 0 Å². The van der Waals surface area contributed by atoms with E-state index in [1.807, 2.05) is 31.2 Å². The number of aromatic nitrogens is 1. The topological polar surface area (TPSA) is 60.5 Å². The molecule has 0 bridgehead atoms. The van der Waals surface area contributed by atoms with E-state index in [1.54, 1.807) is 6.20 Å². The van der Waals surface area contributed by atoms with Crippen molar-refractivity contribution in [2.75, 3.05) is 19.0 Å². The van der Waals surface area contributed by atoms with Crippen LogP contribution < -0.4 is 10.1 Å². The molecule has 1 atom stereocenters. The van der Waals surface area contributed by atoms with Crippen molar-refractivity contribution < 1.29 is 14.3 Å². The molecule has 1 aliphatic heterocycles. The van der Waals surface area contributed by atoms with Gasteiger partial charge in [0.2, 0.25) is 11.8 Å². The number of ether oxygens (including phenoxy) is 2. The highest BCUT2D eigenvalue weighted by atomic mass is 16.5. The van der Waals surface area contributed by atoms with Crippen LogP contribution >= 0.6 is 0 Å². The van der Waals surface area contributed by atoms with Crippen LogP contribution in [0.25, 0.3) is 0 Å². The van der Waals surface area contributed by atoms with E-state index in [2.05, 4.69) is 16.4 Å². The summed E-state index contributed by atoms with van der Waals surface area (Å²) >= 11 is 0. The molecule has 120 valence electrons. The molecule has 23 heavy (non-hydrogen) atoms. The lowest BCUT2D eigenvalue weighted by molar-refractivity contribution is -0.119. The fourth-order valence-corrected chi connectivity index (χ4v) is 2.82. The van der Waals surface area contributed by atoms with Crippen LogP contribution in [0.4, 0.5) is 5.69 Å². The van der Waals surface area contributed by atoms with Gasteiger partial charge in [-0.3, -0.25) is 4.79 Å². The Bertz CT molecular complexity index is 715. The van der Waals surface area contributed by atoms with Gasteiger partial charge in [0.15, 0.2) is 0 Å². The average Bonchev–Trinajstić information content (AvgIpc) is 2.55. The minimum absolute atomic E-state index is 0.114. The highest BCUT2D eigenvalue weighted by molar-refractivity contribution is 5.92. The maximum atomic E-state index is 12.4. The molecule has 3 rings (SSSR count). The van der Waals surface area contributed by atoms with Gasteiger partial charge >= 0.3 is 0 Å². The van der Waals surface area contributed by atoms with Gasteiger partial charge in [0.1, 0.15) is 5.69 Å². The number of fused-ring (bicyclic) bond motifs is 1. The number of carbonyl (C=O) groups is 1. The van der Waals surface area contributed by atoms with Crippen molar-refractivity contribution in [3.05, 3.63) is 53.2 Å². The van der Waals surface area contributed by atoms with E-state index in [9.17, 15) is 4.79 Å². The molecule has 1 aromatic carbocycles. The maximum Gasteiger partial charge on any atom is 0.237 e. The summed E-state index contributed by atoms with van der Waals surface area (Å²) in [6, 6.07) is 9.97. The molecular weight excluding hydrogens is 292 g/mol. The number of amides is 1. The van der Waals surface area contributed by atoms with Crippen molar-refractivity contribution in [2.24, 2.45) is 0 Å². The molecule has 0 spiro atoms. The first-order valence-electron chi connectivity index (χ1n) is 7.67. The largest absolute Gasteiger partial charge is 0.480 e. The summed E-state index contributed by atoms with van der Waals surface area (Å²) in [4.78, 5) is 16.6. The number of carbonyl (C=O) groups excluding carboxylic acids is 1. The normalized spacial score (nSPS) is 16.5. The van der Waals surface area contributed by atoms with E-state index in [4.69, 9.17) is 9.47 Å². The van der Waals surface area contributed by atoms with Gasteiger partial charge in [-0.05, 0) is 36.1 Å². The highest BCUT2D eigenvalue weighted by Crippen LogP contribution is 2.30. The van der Waals surface area contributed by atoms with Crippen molar-refractivity contribution >= 4 is 11.6 Å². The second-order valence-corrected chi connectivity index (χ2v) is 5.63. The van der Waals surface area contributed by atoms with Crippen LogP contribution in [0.15, 0.2) is 36.5 Å². The van der Waals surface area contributed by atoms with E-state index in [1.165, 1.54) is 12.7 Å². The lowest BCUT2D eigenvalue weighted by Crippen LogP contribution is -2.22. The molecule has 2 heterocycles. The molecule has 1 amide bonds. The van der Waals surface area contributed by atoms with E-state index in [-0.39, 0.29) is 18.4 Å². The van der Waals surface area contributed by atoms with E-state index in [0.717, 1.165) is 17.5 Å². The number of methoxy groups -OCH3 is 1. The number of nitrogens with one attached hydrogen (secondary N) is 1. The van der Waals surface area contributed by atoms with Crippen molar-refractivity contribution in [3.63, 3.8) is 0 Å². The predicted octanol–water partition coefficient (Wildman–Crippen LogP) is 3.04. The van der Waals surface area contributed by atoms with Gasteiger partial charge in [-0.25, -0.2) is 4.98 Å². The average molecular weight is 312 g/mol. The van der Waals surface area contributed by atoms with Crippen LogP contribution in [-0.4, -0.2) is 24.6 Å². The molecule has 0 saturated heterocycles. The van der Waals surface area contributed by atoms with Gasteiger partial charge in [0, 0.05) is 6.20 Å². The van der Waals surface area contributed by atoms with Crippen LogP contribution in [0.5, 0.6) is 5.88 Å². The smallest absolute Gasteiger partial charge is 0.237 e. The number of hydrogen-bond donors (Lipinski definition) is 1. The van der Waals surface area contributed by atoms with Crippen molar-refractivity contribution in [2.45, 2.75) is 25.9 Å². The summed E-state index contributed by atoms with van der Waals surface area (Å²) in [5.41, 5.74) is 3.90. The Labute approximate surface area is 135 Å². The minimum Gasteiger partial charge on any atom is -0.480 e.